The number of hydrogen-bond donors (Lipinski definition) is 3. The molecule has 3 aromatic carbocycles. The van der Waals surface area contributed by atoms with Gasteiger partial charge in [0, 0.05) is 46.2 Å². The first kappa shape index (κ1) is 26.0. The number of H-pyrrole nitrogens is 1. The van der Waals surface area contributed by atoms with Crippen LogP contribution in [-0.2, 0) is 14.6 Å². The van der Waals surface area contributed by atoms with Crippen LogP contribution in [0, 0.1) is 5.92 Å². The Morgan fingerprint density at radius 1 is 0.974 bits per heavy atom. The molecule has 0 radical (unpaired) electrons. The van der Waals surface area contributed by atoms with Crippen LogP contribution in [0.1, 0.15) is 36.0 Å². The Morgan fingerprint density at radius 2 is 1.71 bits per heavy atom. The van der Waals surface area contributed by atoms with E-state index in [2.05, 4.69) is 15.6 Å². The molecule has 5 rings (SSSR count). The van der Waals surface area contributed by atoms with Gasteiger partial charge in [0.15, 0.2) is 9.84 Å². The van der Waals surface area contributed by atoms with E-state index >= 15 is 0 Å². The van der Waals surface area contributed by atoms with Crippen molar-refractivity contribution in [1.82, 2.24) is 10.3 Å². The zero-order chi connectivity index (χ0) is 26.9. The molecule has 0 bridgehead atoms. The van der Waals surface area contributed by atoms with E-state index in [1.165, 1.54) is 6.26 Å². The van der Waals surface area contributed by atoms with Gasteiger partial charge in [0.05, 0.1) is 15.8 Å². The lowest BCUT2D eigenvalue weighted by Gasteiger charge is -2.31. The van der Waals surface area contributed by atoms with Crippen LogP contribution in [0.25, 0.3) is 22.0 Å². The van der Waals surface area contributed by atoms with Crippen molar-refractivity contribution in [2.75, 3.05) is 11.6 Å². The van der Waals surface area contributed by atoms with E-state index in [1.807, 2.05) is 6.07 Å². The largest absolute Gasteiger partial charge is 0.360 e. The summed E-state index contributed by atoms with van der Waals surface area (Å²) < 4.78 is 24.4. The molecular weight excluding hydrogens is 522 g/mol. The molecule has 2 atom stereocenters. The first-order valence-corrected chi connectivity index (χ1v) is 14.8. The summed E-state index contributed by atoms with van der Waals surface area (Å²) in [6.07, 6.45) is 6.14. The average molecular weight is 550 g/mol. The van der Waals surface area contributed by atoms with Gasteiger partial charge in [0.2, 0.25) is 5.91 Å². The average Bonchev–Trinajstić information content (AvgIpc) is 3.29. The number of sulfone groups is 1. The summed E-state index contributed by atoms with van der Waals surface area (Å²) in [5.41, 5.74) is 3.25. The maximum absolute atomic E-state index is 13.3. The van der Waals surface area contributed by atoms with Crippen molar-refractivity contribution in [1.29, 1.82) is 0 Å². The standard InChI is InChI=1S/C29H28ClN3O4S/c1-38(36,37)27-9-5-3-6-21(27)18-10-13-20(14-11-18)32-29(35)23-7-2-4-8-25(23)33-28(34)19-12-15-22-24(30)17-31-26(22)16-19/h3,5-6,9-17,23,25,31H,2,4,7-8H2,1H3,(H,32,35)(H,33,34)/t23-,25+/m0/s1. The molecule has 2 amide bonds. The van der Waals surface area contributed by atoms with Crippen LogP contribution in [0.4, 0.5) is 5.69 Å². The summed E-state index contributed by atoms with van der Waals surface area (Å²) in [6, 6.07) is 19.0. The molecule has 0 unspecified atom stereocenters. The first-order valence-electron chi connectivity index (χ1n) is 12.5. The molecule has 0 aliphatic heterocycles. The molecule has 0 spiro atoms. The van der Waals surface area contributed by atoms with E-state index in [1.54, 1.807) is 66.9 Å². The normalized spacial score (nSPS) is 17.7. The number of aromatic nitrogens is 1. The second-order valence-corrected chi connectivity index (χ2v) is 12.1. The third-order valence-electron chi connectivity index (χ3n) is 7.06. The highest BCUT2D eigenvalue weighted by molar-refractivity contribution is 7.90. The minimum absolute atomic E-state index is 0.147. The molecular formula is C29H28ClN3O4S. The van der Waals surface area contributed by atoms with E-state index in [0.29, 0.717) is 28.3 Å². The van der Waals surface area contributed by atoms with Crippen LogP contribution in [0.2, 0.25) is 5.02 Å². The molecule has 7 nitrogen and oxygen atoms in total. The van der Waals surface area contributed by atoms with E-state index < -0.39 is 9.84 Å². The molecule has 0 saturated heterocycles. The van der Waals surface area contributed by atoms with Gasteiger partial charge in [0.1, 0.15) is 0 Å². The zero-order valence-corrected chi connectivity index (χ0v) is 22.4. The number of carbonyl (C=O) groups excluding carboxylic acids is 2. The highest BCUT2D eigenvalue weighted by Crippen LogP contribution is 2.30. The van der Waals surface area contributed by atoms with Gasteiger partial charge in [-0.2, -0.15) is 0 Å². The summed E-state index contributed by atoms with van der Waals surface area (Å²) in [5.74, 6) is -0.732. The van der Waals surface area contributed by atoms with Gasteiger partial charge in [-0.25, -0.2) is 8.42 Å². The Kier molecular flexibility index (Phi) is 7.27. The van der Waals surface area contributed by atoms with Crippen LogP contribution in [-0.4, -0.2) is 37.5 Å². The maximum Gasteiger partial charge on any atom is 0.251 e. The number of halogens is 1. The number of rotatable bonds is 6. The van der Waals surface area contributed by atoms with Gasteiger partial charge in [-0.3, -0.25) is 9.59 Å². The molecule has 1 fully saturated rings. The second kappa shape index (κ2) is 10.6. The topological polar surface area (TPSA) is 108 Å². The molecule has 9 heteroatoms. The summed E-state index contributed by atoms with van der Waals surface area (Å²) in [6.45, 7) is 0. The van der Waals surface area contributed by atoms with Crippen molar-refractivity contribution in [2.24, 2.45) is 5.92 Å². The number of anilines is 1. The summed E-state index contributed by atoms with van der Waals surface area (Å²) >= 11 is 6.14. The molecule has 1 aliphatic carbocycles. The van der Waals surface area contributed by atoms with Crippen molar-refractivity contribution >= 4 is 49.8 Å². The zero-order valence-electron chi connectivity index (χ0n) is 20.8. The molecule has 3 N–H and O–H groups in total. The first-order chi connectivity index (χ1) is 18.2. The van der Waals surface area contributed by atoms with E-state index in [4.69, 9.17) is 11.6 Å². The van der Waals surface area contributed by atoms with Gasteiger partial charge >= 0.3 is 0 Å². The lowest BCUT2D eigenvalue weighted by molar-refractivity contribution is -0.121. The predicted molar refractivity (Wildman–Crippen MR) is 150 cm³/mol. The minimum Gasteiger partial charge on any atom is -0.360 e. The third-order valence-corrected chi connectivity index (χ3v) is 8.53. The number of carbonyl (C=O) groups is 2. The number of amides is 2. The molecule has 1 aliphatic rings. The van der Waals surface area contributed by atoms with Gasteiger partial charge in [-0.1, -0.05) is 60.8 Å². The third kappa shape index (κ3) is 5.47. The second-order valence-electron chi connectivity index (χ2n) is 9.70. The number of hydrogen-bond acceptors (Lipinski definition) is 4. The lowest BCUT2D eigenvalue weighted by atomic mass is 9.83. The van der Waals surface area contributed by atoms with Crippen LogP contribution in [0.15, 0.2) is 77.8 Å². The fraction of sp³-hybridized carbons (Fsp3) is 0.241. The van der Waals surface area contributed by atoms with Crippen LogP contribution >= 0.6 is 11.6 Å². The van der Waals surface area contributed by atoms with E-state index in [-0.39, 0.29) is 28.7 Å². The predicted octanol–water partition coefficient (Wildman–Crippen LogP) is 5.82. The molecule has 38 heavy (non-hydrogen) atoms. The number of benzene rings is 3. The molecule has 1 aromatic heterocycles. The van der Waals surface area contributed by atoms with Crippen molar-refractivity contribution in [3.05, 3.63) is 83.5 Å². The van der Waals surface area contributed by atoms with Crippen molar-refractivity contribution in [3.63, 3.8) is 0 Å². The Labute approximate surface area is 226 Å². The highest BCUT2D eigenvalue weighted by Gasteiger charge is 2.32. The highest BCUT2D eigenvalue weighted by atomic mass is 35.5. The van der Waals surface area contributed by atoms with Gasteiger partial charge < -0.3 is 15.6 Å². The molecule has 196 valence electrons. The summed E-state index contributed by atoms with van der Waals surface area (Å²) in [7, 11) is -3.38. The SMILES string of the molecule is CS(=O)(=O)c1ccccc1-c1ccc(NC(=O)[C@H]2CCCC[C@H]2NC(=O)c2ccc3c(Cl)c[nH]c3c2)cc1. The van der Waals surface area contributed by atoms with Gasteiger partial charge in [-0.05, 0) is 48.7 Å². The Bertz CT molecular complexity index is 1610. The minimum atomic E-state index is -3.38. The molecule has 1 saturated carbocycles. The Balaban J connectivity index is 1.28. The number of nitrogens with one attached hydrogen (secondary N) is 3. The van der Waals surface area contributed by atoms with Crippen molar-refractivity contribution in [2.45, 2.75) is 36.6 Å². The van der Waals surface area contributed by atoms with Crippen molar-refractivity contribution in [3.8, 4) is 11.1 Å². The Morgan fingerprint density at radius 3 is 2.47 bits per heavy atom. The fourth-order valence-electron chi connectivity index (χ4n) is 5.10. The van der Waals surface area contributed by atoms with Crippen LogP contribution < -0.4 is 10.6 Å². The van der Waals surface area contributed by atoms with E-state index in [9.17, 15) is 18.0 Å². The van der Waals surface area contributed by atoms with E-state index in [0.717, 1.165) is 35.7 Å². The lowest BCUT2D eigenvalue weighted by Crippen LogP contribution is -2.46. The number of fused-ring (bicyclic) bond motifs is 1. The van der Waals surface area contributed by atoms with Crippen LogP contribution in [0.3, 0.4) is 0 Å². The molecule has 4 aromatic rings. The van der Waals surface area contributed by atoms with Gasteiger partial charge in [-0.15, -0.1) is 0 Å². The molecule has 1 heterocycles. The quantitative estimate of drug-likeness (QED) is 0.281. The number of aromatic amines is 1. The fourth-order valence-corrected chi connectivity index (χ4v) is 6.23. The smallest absolute Gasteiger partial charge is 0.251 e. The monoisotopic (exact) mass is 549 g/mol. The maximum atomic E-state index is 13.3. The van der Waals surface area contributed by atoms with Crippen LogP contribution in [0.5, 0.6) is 0 Å². The Hall–Kier alpha value is -3.62. The summed E-state index contributed by atoms with van der Waals surface area (Å²) in [5, 5.41) is 7.50. The van der Waals surface area contributed by atoms with Crippen molar-refractivity contribution < 1.29 is 18.0 Å². The van der Waals surface area contributed by atoms with Gasteiger partial charge in [0.25, 0.3) is 5.91 Å². The summed E-state index contributed by atoms with van der Waals surface area (Å²) in [4.78, 5) is 29.6.